The molecule has 7 heteroatoms. The fraction of sp³-hybridized carbons (Fsp3) is 0.538. The van der Waals surface area contributed by atoms with Gasteiger partial charge in [-0.15, -0.1) is 0 Å². The number of fused-ring (bicyclic) bond motifs is 3. The van der Waals surface area contributed by atoms with Crippen LogP contribution in [-0.2, 0) is 20.8 Å². The van der Waals surface area contributed by atoms with E-state index < -0.39 is 0 Å². The second-order valence-electron chi connectivity index (χ2n) is 9.27. The van der Waals surface area contributed by atoms with E-state index in [2.05, 4.69) is 27.3 Å². The van der Waals surface area contributed by atoms with E-state index in [1.54, 1.807) is 11.1 Å². The maximum Gasteiger partial charge on any atom is 0.214 e. The highest BCUT2D eigenvalue weighted by Gasteiger charge is 2.28. The first-order valence-corrected chi connectivity index (χ1v) is 12.3. The first-order chi connectivity index (χ1) is 16.3. The number of aromatic nitrogens is 1. The Balaban J connectivity index is 0.000000190. The van der Waals surface area contributed by atoms with Gasteiger partial charge in [0.15, 0.2) is 0 Å². The van der Waals surface area contributed by atoms with Crippen molar-refractivity contribution in [1.82, 2.24) is 4.98 Å². The molecule has 0 unspecified atom stereocenters. The third-order valence-electron chi connectivity index (χ3n) is 7.17. The first-order valence-electron chi connectivity index (χ1n) is 12.3. The zero-order valence-corrected chi connectivity index (χ0v) is 19.2. The number of hydrogen-bond donors (Lipinski definition) is 1. The zero-order valence-electron chi connectivity index (χ0n) is 19.2. The smallest absolute Gasteiger partial charge is 0.214 e. The van der Waals surface area contributed by atoms with Gasteiger partial charge in [-0.05, 0) is 55.9 Å². The Bertz CT molecular complexity index is 921. The number of carbonyl (C=O) groups is 1. The SMILES string of the molecule is C1CC[C@@H]2OCCC[C@@H]2C1.O=CN1Cc2cccnc2Nc2ccc(N3CCOCC3)cc21. The normalized spacial score (nSPS) is 24.1. The van der Waals surface area contributed by atoms with Gasteiger partial charge in [0.05, 0.1) is 37.2 Å². The standard InChI is InChI=1S/C17H18N4O2.C9H16O/c22-12-21-11-13-2-1-5-18-17(13)19-15-4-3-14(10-16(15)21)20-6-8-23-9-7-20;1-2-6-9-8(4-1)5-3-7-10-9/h1-5,10,12H,6-9,11H2,(H,18,19);8-9H,1-7H2/t;8-,9-/m.0/s1. The van der Waals surface area contributed by atoms with Crippen molar-refractivity contribution in [3.63, 3.8) is 0 Å². The van der Waals surface area contributed by atoms with Gasteiger partial charge in [-0.1, -0.05) is 18.9 Å². The van der Waals surface area contributed by atoms with Crippen molar-refractivity contribution in [2.45, 2.75) is 51.2 Å². The summed E-state index contributed by atoms with van der Waals surface area (Å²) in [6.45, 7) is 4.76. The van der Waals surface area contributed by atoms with Gasteiger partial charge in [-0.2, -0.15) is 0 Å². The van der Waals surface area contributed by atoms with E-state index >= 15 is 0 Å². The first kappa shape index (κ1) is 22.2. The molecule has 1 aliphatic carbocycles. The fourth-order valence-corrected chi connectivity index (χ4v) is 5.35. The summed E-state index contributed by atoms with van der Waals surface area (Å²) >= 11 is 0. The van der Waals surface area contributed by atoms with Crippen LogP contribution in [0.25, 0.3) is 0 Å². The maximum absolute atomic E-state index is 11.6. The Morgan fingerprint density at radius 3 is 2.73 bits per heavy atom. The number of morpholine rings is 1. The molecule has 7 nitrogen and oxygen atoms in total. The number of ether oxygens (including phenoxy) is 2. The van der Waals surface area contributed by atoms with E-state index in [1.807, 2.05) is 18.2 Å². The highest BCUT2D eigenvalue weighted by Crippen LogP contribution is 2.37. The Morgan fingerprint density at radius 2 is 1.88 bits per heavy atom. The van der Waals surface area contributed by atoms with Gasteiger partial charge in [0, 0.05) is 37.1 Å². The Labute approximate surface area is 196 Å². The van der Waals surface area contributed by atoms with Crippen molar-refractivity contribution < 1.29 is 14.3 Å². The number of carbonyl (C=O) groups excluding carboxylic acids is 1. The molecule has 0 radical (unpaired) electrons. The number of nitrogens with one attached hydrogen (secondary N) is 1. The average Bonchev–Trinajstić information content (AvgIpc) is 3.05. The largest absolute Gasteiger partial charge is 0.378 e. The molecule has 1 saturated carbocycles. The van der Waals surface area contributed by atoms with E-state index in [-0.39, 0.29) is 0 Å². The van der Waals surface area contributed by atoms with E-state index in [0.717, 1.165) is 73.7 Å². The summed E-state index contributed by atoms with van der Waals surface area (Å²) < 4.78 is 11.1. The molecular formula is C26H34N4O3. The number of rotatable bonds is 2. The Hall–Kier alpha value is -2.64. The summed E-state index contributed by atoms with van der Waals surface area (Å²) in [4.78, 5) is 20.0. The summed E-state index contributed by atoms with van der Waals surface area (Å²) in [6, 6.07) is 10.0. The van der Waals surface area contributed by atoms with E-state index in [1.165, 1.54) is 38.5 Å². The predicted octanol–water partition coefficient (Wildman–Crippen LogP) is 4.49. The van der Waals surface area contributed by atoms with Crippen LogP contribution in [0, 0.1) is 5.92 Å². The van der Waals surface area contributed by atoms with Crippen LogP contribution in [-0.4, -0.2) is 50.4 Å². The van der Waals surface area contributed by atoms with Crippen LogP contribution in [0.15, 0.2) is 36.5 Å². The van der Waals surface area contributed by atoms with Crippen molar-refractivity contribution in [2.75, 3.05) is 48.0 Å². The van der Waals surface area contributed by atoms with E-state index in [4.69, 9.17) is 9.47 Å². The summed E-state index contributed by atoms with van der Waals surface area (Å²) in [5.41, 5.74) is 3.89. The molecule has 4 aliphatic rings. The molecule has 3 fully saturated rings. The Kier molecular flexibility index (Phi) is 7.07. The van der Waals surface area contributed by atoms with Gasteiger partial charge in [0.25, 0.3) is 0 Å². The molecule has 2 aromatic rings. The lowest BCUT2D eigenvalue weighted by atomic mass is 9.82. The van der Waals surface area contributed by atoms with E-state index in [0.29, 0.717) is 12.6 Å². The van der Waals surface area contributed by atoms with Crippen molar-refractivity contribution in [1.29, 1.82) is 0 Å². The third kappa shape index (κ3) is 5.14. The molecule has 2 atom stereocenters. The molecule has 176 valence electrons. The van der Waals surface area contributed by atoms with Crippen LogP contribution in [0.5, 0.6) is 0 Å². The van der Waals surface area contributed by atoms with Gasteiger partial charge in [0.1, 0.15) is 5.82 Å². The topological polar surface area (TPSA) is 66.9 Å². The minimum atomic E-state index is 0.513. The molecule has 6 rings (SSSR count). The van der Waals surface area contributed by atoms with Gasteiger partial charge in [0.2, 0.25) is 6.41 Å². The number of hydrogen-bond acceptors (Lipinski definition) is 6. The minimum Gasteiger partial charge on any atom is -0.378 e. The lowest BCUT2D eigenvalue weighted by Crippen LogP contribution is -2.36. The van der Waals surface area contributed by atoms with Crippen LogP contribution in [0.3, 0.4) is 0 Å². The maximum atomic E-state index is 11.6. The van der Waals surface area contributed by atoms with Crippen molar-refractivity contribution >= 4 is 29.3 Å². The van der Waals surface area contributed by atoms with Crippen LogP contribution in [0.1, 0.15) is 44.1 Å². The lowest BCUT2D eigenvalue weighted by Gasteiger charge is -2.35. The Morgan fingerprint density at radius 1 is 1.03 bits per heavy atom. The number of pyridine rings is 1. The third-order valence-corrected chi connectivity index (χ3v) is 7.17. The molecular weight excluding hydrogens is 416 g/mol. The number of anilines is 4. The van der Waals surface area contributed by atoms with Gasteiger partial charge < -0.3 is 24.6 Å². The second kappa shape index (κ2) is 10.5. The zero-order chi connectivity index (χ0) is 22.5. The molecule has 1 N–H and O–H groups in total. The molecule has 0 spiro atoms. The molecule has 0 bridgehead atoms. The minimum absolute atomic E-state index is 0.513. The van der Waals surface area contributed by atoms with Crippen molar-refractivity contribution in [3.8, 4) is 0 Å². The van der Waals surface area contributed by atoms with Crippen molar-refractivity contribution in [2.24, 2.45) is 5.92 Å². The lowest BCUT2D eigenvalue weighted by molar-refractivity contribution is -0.107. The molecule has 1 amide bonds. The van der Waals surface area contributed by atoms with Crippen LogP contribution in [0.2, 0.25) is 0 Å². The van der Waals surface area contributed by atoms with Crippen LogP contribution >= 0.6 is 0 Å². The summed E-state index contributed by atoms with van der Waals surface area (Å²) in [6.07, 6.45) is 11.7. The highest BCUT2D eigenvalue weighted by molar-refractivity contribution is 5.89. The molecule has 33 heavy (non-hydrogen) atoms. The number of nitrogens with zero attached hydrogens (tertiary/aromatic N) is 3. The summed E-state index contributed by atoms with van der Waals surface area (Å²) in [5, 5.41) is 3.34. The fourth-order valence-electron chi connectivity index (χ4n) is 5.35. The van der Waals surface area contributed by atoms with Crippen LogP contribution < -0.4 is 15.1 Å². The van der Waals surface area contributed by atoms with Gasteiger partial charge in [-0.25, -0.2) is 4.98 Å². The highest BCUT2D eigenvalue weighted by atomic mass is 16.5. The predicted molar refractivity (Wildman–Crippen MR) is 130 cm³/mol. The molecule has 1 aromatic carbocycles. The quantitative estimate of drug-likeness (QED) is 0.680. The monoisotopic (exact) mass is 450 g/mol. The molecule has 2 saturated heterocycles. The van der Waals surface area contributed by atoms with Gasteiger partial charge >= 0.3 is 0 Å². The number of amides is 1. The van der Waals surface area contributed by atoms with Crippen LogP contribution in [0.4, 0.5) is 22.9 Å². The molecule has 3 aliphatic heterocycles. The van der Waals surface area contributed by atoms with Crippen molar-refractivity contribution in [3.05, 3.63) is 42.1 Å². The average molecular weight is 451 g/mol. The summed E-state index contributed by atoms with van der Waals surface area (Å²) in [7, 11) is 0. The summed E-state index contributed by atoms with van der Waals surface area (Å²) in [5.74, 6) is 1.74. The van der Waals surface area contributed by atoms with Gasteiger partial charge in [-0.3, -0.25) is 4.79 Å². The molecule has 4 heterocycles. The number of benzene rings is 1. The van der Waals surface area contributed by atoms with E-state index in [9.17, 15) is 4.79 Å². The second-order valence-corrected chi connectivity index (χ2v) is 9.27. The molecule has 1 aromatic heterocycles.